The summed E-state index contributed by atoms with van der Waals surface area (Å²) in [5, 5.41) is 5.90. The number of methoxy groups -OCH3 is 1. The van der Waals surface area contributed by atoms with Crippen LogP contribution in [-0.2, 0) is 14.8 Å². The summed E-state index contributed by atoms with van der Waals surface area (Å²) >= 11 is 0. The van der Waals surface area contributed by atoms with Crippen LogP contribution in [0.25, 0.3) is 0 Å². The largest absolute Gasteiger partial charge is 0.383 e. The van der Waals surface area contributed by atoms with Gasteiger partial charge in [0.15, 0.2) is 0 Å². The number of rotatable bonds is 9. The summed E-state index contributed by atoms with van der Waals surface area (Å²) in [6, 6.07) is 3.14. The van der Waals surface area contributed by atoms with E-state index in [1.54, 1.807) is 27.0 Å². The van der Waals surface area contributed by atoms with Gasteiger partial charge in [-0.05, 0) is 37.1 Å². The van der Waals surface area contributed by atoms with Gasteiger partial charge in [0.05, 0.1) is 11.5 Å². The number of ether oxygens (including phenoxy) is 1. The van der Waals surface area contributed by atoms with Crippen LogP contribution in [0.3, 0.4) is 0 Å². The Hall–Kier alpha value is -1.48. The summed E-state index contributed by atoms with van der Waals surface area (Å²) in [7, 11) is 0.983. The van der Waals surface area contributed by atoms with Gasteiger partial charge in [-0.3, -0.25) is 4.79 Å². The number of sulfonamides is 1. The van der Waals surface area contributed by atoms with Crippen LogP contribution in [-0.4, -0.2) is 66.1 Å². The minimum atomic E-state index is -3.59. The Morgan fingerprint density at radius 1 is 1.17 bits per heavy atom. The molecular formula is C16H27N3O4S. The number of benzene rings is 1. The van der Waals surface area contributed by atoms with E-state index in [0.29, 0.717) is 37.4 Å². The van der Waals surface area contributed by atoms with Crippen molar-refractivity contribution in [3.8, 4) is 0 Å². The van der Waals surface area contributed by atoms with Crippen molar-refractivity contribution in [3.05, 3.63) is 28.8 Å². The molecule has 0 unspecified atom stereocenters. The third-order valence-electron chi connectivity index (χ3n) is 3.71. The monoisotopic (exact) mass is 357 g/mol. The van der Waals surface area contributed by atoms with Crippen molar-refractivity contribution >= 4 is 15.9 Å². The van der Waals surface area contributed by atoms with Crippen molar-refractivity contribution in [2.45, 2.75) is 18.7 Å². The Balaban J connectivity index is 2.86. The minimum absolute atomic E-state index is 0.163. The number of hydrogen-bond donors (Lipinski definition) is 2. The number of aryl methyl sites for hydroxylation is 1. The van der Waals surface area contributed by atoms with Crippen molar-refractivity contribution in [1.29, 1.82) is 0 Å². The molecule has 7 nitrogen and oxygen atoms in total. The zero-order valence-corrected chi connectivity index (χ0v) is 15.8. The molecule has 0 aliphatic rings. The molecule has 0 aromatic heterocycles. The molecule has 1 amide bonds. The number of nitrogens with zero attached hydrogens (tertiary/aromatic N) is 1. The minimum Gasteiger partial charge on any atom is -0.383 e. The number of carbonyl (C=O) groups is 1. The van der Waals surface area contributed by atoms with E-state index in [-0.39, 0.29) is 10.8 Å². The number of nitrogens with one attached hydrogen (secondary N) is 2. The summed E-state index contributed by atoms with van der Waals surface area (Å²) in [5.74, 6) is -0.290. The molecule has 0 heterocycles. The Morgan fingerprint density at radius 2 is 1.83 bits per heavy atom. The third-order valence-corrected chi connectivity index (χ3v) is 5.65. The molecule has 2 N–H and O–H groups in total. The molecular weight excluding hydrogens is 330 g/mol. The molecule has 0 bridgehead atoms. The maximum absolute atomic E-state index is 12.4. The van der Waals surface area contributed by atoms with Crippen molar-refractivity contribution in [1.82, 2.24) is 14.9 Å². The first kappa shape index (κ1) is 20.6. The topological polar surface area (TPSA) is 87.7 Å². The summed E-state index contributed by atoms with van der Waals surface area (Å²) in [5.41, 5.74) is 1.76. The fraction of sp³-hybridized carbons (Fsp3) is 0.562. The smallest absolute Gasteiger partial charge is 0.251 e. The zero-order valence-electron chi connectivity index (χ0n) is 15.0. The Kier molecular flexibility index (Phi) is 7.82. The van der Waals surface area contributed by atoms with Gasteiger partial charge in [0.25, 0.3) is 5.91 Å². The van der Waals surface area contributed by atoms with E-state index in [9.17, 15) is 13.2 Å². The maximum atomic E-state index is 12.4. The Bertz CT molecular complexity index is 672. The van der Waals surface area contributed by atoms with Gasteiger partial charge >= 0.3 is 0 Å². The fourth-order valence-electron chi connectivity index (χ4n) is 2.09. The van der Waals surface area contributed by atoms with Crippen molar-refractivity contribution in [2.24, 2.45) is 0 Å². The molecule has 0 saturated heterocycles. The molecule has 0 aliphatic heterocycles. The number of carbonyl (C=O) groups excluding carboxylic acids is 1. The van der Waals surface area contributed by atoms with E-state index < -0.39 is 10.0 Å². The van der Waals surface area contributed by atoms with E-state index in [2.05, 4.69) is 10.6 Å². The second-order valence-electron chi connectivity index (χ2n) is 5.70. The lowest BCUT2D eigenvalue weighted by atomic mass is 10.1. The van der Waals surface area contributed by atoms with Crippen molar-refractivity contribution in [3.63, 3.8) is 0 Å². The highest BCUT2D eigenvalue weighted by Gasteiger charge is 2.22. The van der Waals surface area contributed by atoms with Crippen LogP contribution in [0, 0.1) is 13.8 Å². The second kappa shape index (κ2) is 9.12. The first-order chi connectivity index (χ1) is 11.2. The average Bonchev–Trinajstić information content (AvgIpc) is 2.52. The number of hydrogen-bond acceptors (Lipinski definition) is 5. The van der Waals surface area contributed by atoms with E-state index >= 15 is 0 Å². The normalized spacial score (nSPS) is 11.8. The highest BCUT2D eigenvalue weighted by atomic mass is 32.2. The predicted octanol–water partition coefficient (Wildman–Crippen LogP) is 0.520. The van der Waals surface area contributed by atoms with E-state index in [1.165, 1.54) is 20.2 Å². The molecule has 8 heteroatoms. The molecule has 0 spiro atoms. The quantitative estimate of drug-likeness (QED) is 0.629. The molecule has 0 saturated carbocycles. The van der Waals surface area contributed by atoms with Crippen LogP contribution in [0.1, 0.15) is 21.5 Å². The number of amides is 1. The van der Waals surface area contributed by atoms with Crippen LogP contribution in [0.5, 0.6) is 0 Å². The van der Waals surface area contributed by atoms with Gasteiger partial charge in [0.2, 0.25) is 10.0 Å². The van der Waals surface area contributed by atoms with Gasteiger partial charge in [0.1, 0.15) is 0 Å². The van der Waals surface area contributed by atoms with Crippen LogP contribution in [0.4, 0.5) is 0 Å². The Labute approximate surface area is 144 Å². The van der Waals surface area contributed by atoms with Gasteiger partial charge in [-0.25, -0.2) is 12.7 Å². The fourth-order valence-corrected chi connectivity index (χ4v) is 3.31. The molecule has 1 rings (SSSR count). The van der Waals surface area contributed by atoms with Gasteiger partial charge in [-0.2, -0.15) is 0 Å². The van der Waals surface area contributed by atoms with E-state index in [1.807, 2.05) is 0 Å². The van der Waals surface area contributed by atoms with E-state index in [0.717, 1.165) is 9.87 Å². The second-order valence-corrected chi connectivity index (χ2v) is 7.82. The lowest BCUT2D eigenvalue weighted by molar-refractivity contribution is 0.0953. The molecule has 136 valence electrons. The standard InChI is InChI=1S/C16H27N3O4S/c1-12-10-14(16(20)18-7-6-17-8-9-23-5)11-15(13(12)2)24(21,22)19(3)4/h10-11,17H,6-9H2,1-5H3,(H,18,20). The average molecular weight is 357 g/mol. The summed E-state index contributed by atoms with van der Waals surface area (Å²) < 4.78 is 30.9. The first-order valence-electron chi connectivity index (χ1n) is 7.73. The van der Waals surface area contributed by atoms with E-state index in [4.69, 9.17) is 4.74 Å². The summed E-state index contributed by atoms with van der Waals surface area (Å²) in [6.45, 7) is 5.92. The molecule has 1 aromatic rings. The van der Waals surface area contributed by atoms with Crippen LogP contribution >= 0.6 is 0 Å². The van der Waals surface area contributed by atoms with Crippen LogP contribution < -0.4 is 10.6 Å². The maximum Gasteiger partial charge on any atom is 0.251 e. The van der Waals surface area contributed by atoms with Gasteiger partial charge < -0.3 is 15.4 Å². The summed E-state index contributed by atoms with van der Waals surface area (Å²) in [6.07, 6.45) is 0. The zero-order chi connectivity index (χ0) is 18.3. The molecule has 0 aliphatic carbocycles. The van der Waals surface area contributed by atoms with Gasteiger partial charge in [-0.15, -0.1) is 0 Å². The lowest BCUT2D eigenvalue weighted by Crippen LogP contribution is -2.33. The Morgan fingerprint density at radius 3 is 2.42 bits per heavy atom. The van der Waals surface area contributed by atoms with Crippen LogP contribution in [0.2, 0.25) is 0 Å². The predicted molar refractivity (Wildman–Crippen MR) is 93.9 cm³/mol. The molecule has 0 radical (unpaired) electrons. The lowest BCUT2D eigenvalue weighted by Gasteiger charge is -2.16. The van der Waals surface area contributed by atoms with Crippen molar-refractivity contribution in [2.75, 3.05) is 47.4 Å². The molecule has 24 heavy (non-hydrogen) atoms. The van der Waals surface area contributed by atoms with Gasteiger partial charge in [-0.1, -0.05) is 0 Å². The summed E-state index contributed by atoms with van der Waals surface area (Å²) in [4.78, 5) is 12.4. The SMILES string of the molecule is COCCNCCNC(=O)c1cc(C)c(C)c(S(=O)(=O)N(C)C)c1. The molecule has 1 aromatic carbocycles. The van der Waals surface area contributed by atoms with Crippen LogP contribution in [0.15, 0.2) is 17.0 Å². The highest BCUT2D eigenvalue weighted by molar-refractivity contribution is 7.89. The molecule has 0 fully saturated rings. The highest BCUT2D eigenvalue weighted by Crippen LogP contribution is 2.23. The van der Waals surface area contributed by atoms with Gasteiger partial charge in [0, 0.05) is 46.4 Å². The first-order valence-corrected chi connectivity index (χ1v) is 9.17. The third kappa shape index (κ3) is 5.27. The molecule has 0 atom stereocenters. The van der Waals surface area contributed by atoms with Crippen molar-refractivity contribution < 1.29 is 17.9 Å².